The molecule has 1 aromatic carbocycles. The van der Waals surface area contributed by atoms with Crippen LogP contribution < -0.4 is 4.90 Å². The molecule has 0 saturated heterocycles. The summed E-state index contributed by atoms with van der Waals surface area (Å²) in [6.45, 7) is 2.30. The Morgan fingerprint density at radius 2 is 2.12 bits per heavy atom. The topological polar surface area (TPSA) is 28.1 Å². The van der Waals surface area contributed by atoms with Gasteiger partial charge in [-0.05, 0) is 24.3 Å². The fourth-order valence-electron chi connectivity index (χ4n) is 1.49. The van der Waals surface area contributed by atoms with E-state index in [-0.39, 0.29) is 0 Å². The molecule has 86 valence electrons. The Kier molecular flexibility index (Phi) is 3.79. The average molecular weight is 284 g/mol. The van der Waals surface area contributed by atoms with Crippen LogP contribution in [0.3, 0.4) is 0 Å². The molecule has 1 aliphatic heterocycles. The van der Waals surface area contributed by atoms with E-state index in [9.17, 15) is 0 Å². The molecule has 1 aromatic rings. The summed E-state index contributed by atoms with van der Waals surface area (Å²) in [6, 6.07) is 8.19. The van der Waals surface area contributed by atoms with Crippen molar-refractivity contribution in [3.63, 3.8) is 0 Å². The maximum absolute atomic E-state index is 5.02. The van der Waals surface area contributed by atoms with Gasteiger partial charge in [0.1, 0.15) is 13.0 Å². The maximum Gasteiger partial charge on any atom is 0.117 e. The SMILES string of the molecule is COCCN1CN(c2ccc(Br)cc2)C=N1. The van der Waals surface area contributed by atoms with Crippen LogP contribution in [0.4, 0.5) is 5.69 Å². The summed E-state index contributed by atoms with van der Waals surface area (Å²) in [5.41, 5.74) is 1.15. The number of benzene rings is 1. The number of anilines is 1. The first-order valence-electron chi connectivity index (χ1n) is 5.10. The van der Waals surface area contributed by atoms with Gasteiger partial charge in [0.2, 0.25) is 0 Å². The third-order valence-electron chi connectivity index (χ3n) is 2.38. The van der Waals surface area contributed by atoms with Gasteiger partial charge in [-0.2, -0.15) is 5.10 Å². The number of nitrogens with zero attached hydrogens (tertiary/aromatic N) is 3. The molecule has 1 aliphatic rings. The minimum atomic E-state index is 0.700. The van der Waals surface area contributed by atoms with Crippen molar-refractivity contribution >= 4 is 28.0 Å². The average Bonchev–Trinajstić information content (AvgIpc) is 2.76. The molecule has 4 nitrogen and oxygen atoms in total. The van der Waals surface area contributed by atoms with Gasteiger partial charge in [0.25, 0.3) is 0 Å². The zero-order valence-electron chi connectivity index (χ0n) is 9.14. The van der Waals surface area contributed by atoms with E-state index in [2.05, 4.69) is 38.1 Å². The molecular weight excluding hydrogens is 270 g/mol. The van der Waals surface area contributed by atoms with Gasteiger partial charge in [-0.1, -0.05) is 15.9 Å². The molecule has 0 N–H and O–H groups in total. The first-order chi connectivity index (χ1) is 7.79. The summed E-state index contributed by atoms with van der Waals surface area (Å²) in [6.07, 6.45) is 1.85. The van der Waals surface area contributed by atoms with Gasteiger partial charge >= 0.3 is 0 Å². The second-order valence-electron chi connectivity index (χ2n) is 3.54. The van der Waals surface area contributed by atoms with Crippen LogP contribution in [0, 0.1) is 0 Å². The van der Waals surface area contributed by atoms with Gasteiger partial charge in [0.05, 0.1) is 13.2 Å². The predicted molar refractivity (Wildman–Crippen MR) is 68.6 cm³/mol. The quantitative estimate of drug-likeness (QED) is 0.847. The first-order valence-corrected chi connectivity index (χ1v) is 5.89. The van der Waals surface area contributed by atoms with E-state index in [1.54, 1.807) is 7.11 Å². The zero-order chi connectivity index (χ0) is 11.4. The summed E-state index contributed by atoms with van der Waals surface area (Å²) in [5.74, 6) is 0. The summed E-state index contributed by atoms with van der Waals surface area (Å²) in [4.78, 5) is 2.10. The van der Waals surface area contributed by atoms with Crippen molar-refractivity contribution < 1.29 is 4.74 Å². The number of methoxy groups -OCH3 is 1. The lowest BCUT2D eigenvalue weighted by Gasteiger charge is -2.18. The normalized spacial score (nSPS) is 14.9. The number of rotatable bonds is 4. The molecule has 0 fully saturated rings. The minimum Gasteiger partial charge on any atom is -0.383 e. The standard InChI is InChI=1S/C11H14BrN3O/c1-16-7-6-15-9-14(8-13-15)11-4-2-10(12)3-5-11/h2-5,8H,6-7,9H2,1H3. The summed E-state index contributed by atoms with van der Waals surface area (Å²) in [5, 5.41) is 6.27. The number of halogens is 1. The lowest BCUT2D eigenvalue weighted by molar-refractivity contribution is 0.156. The van der Waals surface area contributed by atoms with E-state index in [4.69, 9.17) is 4.74 Å². The van der Waals surface area contributed by atoms with Crippen molar-refractivity contribution in [1.82, 2.24) is 5.01 Å². The molecule has 0 spiro atoms. The zero-order valence-corrected chi connectivity index (χ0v) is 10.7. The molecule has 0 amide bonds. The number of hydrogen-bond acceptors (Lipinski definition) is 4. The summed E-state index contributed by atoms with van der Waals surface area (Å²) < 4.78 is 6.11. The van der Waals surface area contributed by atoms with Crippen LogP contribution in [0.25, 0.3) is 0 Å². The van der Waals surface area contributed by atoms with Gasteiger partial charge < -0.3 is 9.64 Å². The number of hydrogen-bond donors (Lipinski definition) is 0. The Balaban J connectivity index is 1.94. The maximum atomic E-state index is 5.02. The van der Waals surface area contributed by atoms with Crippen molar-refractivity contribution in [2.45, 2.75) is 0 Å². The lowest BCUT2D eigenvalue weighted by atomic mass is 10.3. The third-order valence-corrected chi connectivity index (χ3v) is 2.91. The van der Waals surface area contributed by atoms with E-state index < -0.39 is 0 Å². The van der Waals surface area contributed by atoms with Crippen LogP contribution in [-0.4, -0.2) is 38.3 Å². The van der Waals surface area contributed by atoms with Crippen molar-refractivity contribution in [2.75, 3.05) is 31.8 Å². The Morgan fingerprint density at radius 1 is 1.38 bits per heavy atom. The summed E-state index contributed by atoms with van der Waals surface area (Å²) >= 11 is 3.42. The molecule has 0 radical (unpaired) electrons. The number of hydrazone groups is 1. The Bertz CT molecular complexity index is 366. The Hall–Kier alpha value is -1.07. The van der Waals surface area contributed by atoms with Crippen LogP contribution in [0.1, 0.15) is 0 Å². The molecular formula is C11H14BrN3O. The fourth-order valence-corrected chi connectivity index (χ4v) is 1.75. The molecule has 0 saturated carbocycles. The van der Waals surface area contributed by atoms with Gasteiger partial charge in [0, 0.05) is 17.3 Å². The van der Waals surface area contributed by atoms with Crippen LogP contribution in [0.5, 0.6) is 0 Å². The molecule has 16 heavy (non-hydrogen) atoms. The molecule has 2 rings (SSSR count). The van der Waals surface area contributed by atoms with Crippen molar-refractivity contribution in [3.05, 3.63) is 28.7 Å². The first kappa shape index (κ1) is 11.4. The molecule has 0 unspecified atom stereocenters. The molecule has 0 bridgehead atoms. The smallest absolute Gasteiger partial charge is 0.117 e. The van der Waals surface area contributed by atoms with E-state index in [0.29, 0.717) is 6.61 Å². The summed E-state index contributed by atoms with van der Waals surface area (Å²) in [7, 11) is 1.70. The molecule has 0 aliphatic carbocycles. The van der Waals surface area contributed by atoms with E-state index in [1.807, 2.05) is 23.5 Å². The highest BCUT2D eigenvalue weighted by molar-refractivity contribution is 9.10. The van der Waals surface area contributed by atoms with Gasteiger partial charge in [-0.3, -0.25) is 5.01 Å². The molecule has 0 aromatic heterocycles. The highest BCUT2D eigenvalue weighted by Gasteiger charge is 2.14. The molecule has 5 heteroatoms. The third kappa shape index (κ3) is 2.74. The Labute approximate surface area is 104 Å². The predicted octanol–water partition coefficient (Wildman–Crippen LogP) is 2.12. The molecule has 0 atom stereocenters. The van der Waals surface area contributed by atoms with Crippen LogP contribution in [0.15, 0.2) is 33.8 Å². The van der Waals surface area contributed by atoms with Gasteiger partial charge in [0.15, 0.2) is 0 Å². The van der Waals surface area contributed by atoms with Crippen molar-refractivity contribution in [3.8, 4) is 0 Å². The highest BCUT2D eigenvalue weighted by atomic mass is 79.9. The van der Waals surface area contributed by atoms with E-state index >= 15 is 0 Å². The largest absolute Gasteiger partial charge is 0.383 e. The minimum absolute atomic E-state index is 0.700. The van der Waals surface area contributed by atoms with Gasteiger partial charge in [-0.15, -0.1) is 0 Å². The van der Waals surface area contributed by atoms with E-state index in [0.717, 1.165) is 23.4 Å². The van der Waals surface area contributed by atoms with Crippen LogP contribution in [-0.2, 0) is 4.74 Å². The highest BCUT2D eigenvalue weighted by Crippen LogP contribution is 2.19. The second-order valence-corrected chi connectivity index (χ2v) is 4.46. The van der Waals surface area contributed by atoms with Crippen molar-refractivity contribution in [1.29, 1.82) is 0 Å². The number of ether oxygens (including phenoxy) is 1. The fraction of sp³-hybridized carbons (Fsp3) is 0.364. The molecule has 1 heterocycles. The second kappa shape index (κ2) is 5.32. The van der Waals surface area contributed by atoms with Crippen LogP contribution >= 0.6 is 15.9 Å². The monoisotopic (exact) mass is 283 g/mol. The van der Waals surface area contributed by atoms with Crippen LogP contribution in [0.2, 0.25) is 0 Å². The Morgan fingerprint density at radius 3 is 2.81 bits per heavy atom. The van der Waals surface area contributed by atoms with Gasteiger partial charge in [-0.25, -0.2) is 0 Å². The lowest BCUT2D eigenvalue weighted by Crippen LogP contribution is -2.28. The van der Waals surface area contributed by atoms with Crippen molar-refractivity contribution in [2.24, 2.45) is 5.10 Å². The van der Waals surface area contributed by atoms with E-state index in [1.165, 1.54) is 0 Å².